The fraction of sp³-hybridized carbons (Fsp3) is 0.773. The minimum absolute atomic E-state index is 0.00338. The van der Waals surface area contributed by atoms with Gasteiger partial charge in [0.1, 0.15) is 18.1 Å². The number of hydrogen-bond donors (Lipinski definition) is 6. The molecule has 0 spiro atoms. The third-order valence-electron chi connectivity index (χ3n) is 4.94. The predicted octanol–water partition coefficient (Wildman–Crippen LogP) is -0.0365. The van der Waals surface area contributed by atoms with Crippen molar-refractivity contribution in [2.45, 2.75) is 84.0 Å². The lowest BCUT2D eigenvalue weighted by Crippen LogP contribution is -2.57. The Balaban J connectivity index is 5.52. The van der Waals surface area contributed by atoms with E-state index in [0.29, 0.717) is 12.2 Å². The summed E-state index contributed by atoms with van der Waals surface area (Å²) in [6.45, 7) is 7.52. The van der Waals surface area contributed by atoms with Crippen molar-refractivity contribution in [3.8, 4) is 0 Å². The van der Waals surface area contributed by atoms with Crippen molar-refractivity contribution in [1.82, 2.24) is 16.0 Å². The van der Waals surface area contributed by atoms with E-state index in [1.165, 1.54) is 11.8 Å². The van der Waals surface area contributed by atoms with Crippen molar-refractivity contribution in [2.75, 3.05) is 12.0 Å². The summed E-state index contributed by atoms with van der Waals surface area (Å²) in [6.07, 6.45) is 2.49. The Morgan fingerprint density at radius 1 is 0.794 bits per heavy atom. The van der Waals surface area contributed by atoms with E-state index in [4.69, 9.17) is 11.5 Å². The molecule has 0 aromatic carbocycles. The van der Waals surface area contributed by atoms with Crippen LogP contribution in [0.15, 0.2) is 0 Å². The predicted molar refractivity (Wildman–Crippen MR) is 132 cm³/mol. The highest BCUT2D eigenvalue weighted by Crippen LogP contribution is 2.09. The number of thioether (sulfide) groups is 1. The second-order valence-electron chi connectivity index (χ2n) is 9.17. The molecule has 0 saturated carbocycles. The summed E-state index contributed by atoms with van der Waals surface area (Å²) in [5.41, 5.74) is 11.1. The SMILES string of the molecule is CSCCC(NC(=O)C(CC(C)C)NC(=O)C(CCC(N)=O)NC(=O)C(N)CC(C)C)C(=O)O. The summed E-state index contributed by atoms with van der Waals surface area (Å²) < 4.78 is 0. The van der Waals surface area contributed by atoms with Crippen LogP contribution >= 0.6 is 11.8 Å². The molecule has 0 aliphatic rings. The number of aliphatic carboxylic acids is 1. The van der Waals surface area contributed by atoms with Gasteiger partial charge in [-0.05, 0) is 49.5 Å². The molecule has 4 atom stereocenters. The summed E-state index contributed by atoms with van der Waals surface area (Å²) in [4.78, 5) is 61.1. The number of carbonyl (C=O) groups is 5. The Labute approximate surface area is 205 Å². The number of rotatable bonds is 17. The van der Waals surface area contributed by atoms with Gasteiger partial charge in [-0.2, -0.15) is 11.8 Å². The van der Waals surface area contributed by atoms with E-state index in [0.717, 1.165) is 0 Å². The quantitative estimate of drug-likeness (QED) is 0.159. The molecule has 0 fully saturated rings. The molecule has 0 aliphatic heterocycles. The number of carboxylic acids is 1. The molecule has 8 N–H and O–H groups in total. The third kappa shape index (κ3) is 13.4. The zero-order chi connectivity index (χ0) is 26.4. The van der Waals surface area contributed by atoms with Gasteiger partial charge in [0.2, 0.25) is 23.6 Å². The van der Waals surface area contributed by atoms with Crippen LogP contribution < -0.4 is 27.4 Å². The van der Waals surface area contributed by atoms with Crippen LogP contribution in [0.3, 0.4) is 0 Å². The largest absolute Gasteiger partial charge is 0.480 e. The maximum atomic E-state index is 13.0. The Morgan fingerprint density at radius 2 is 1.29 bits per heavy atom. The first-order valence-corrected chi connectivity index (χ1v) is 12.8. The Bertz CT molecular complexity index is 703. The molecule has 34 heavy (non-hydrogen) atoms. The normalized spacial score (nSPS) is 14.7. The van der Waals surface area contributed by atoms with Gasteiger partial charge in [0.15, 0.2) is 0 Å². The number of nitrogens with two attached hydrogens (primary N) is 2. The number of primary amides is 1. The Morgan fingerprint density at radius 3 is 1.76 bits per heavy atom. The molecular formula is C22H41N5O6S. The first-order chi connectivity index (χ1) is 15.8. The first kappa shape index (κ1) is 31.7. The topological polar surface area (TPSA) is 194 Å². The summed E-state index contributed by atoms with van der Waals surface area (Å²) in [5.74, 6) is -2.97. The second-order valence-corrected chi connectivity index (χ2v) is 10.2. The number of amides is 4. The van der Waals surface area contributed by atoms with E-state index in [2.05, 4.69) is 16.0 Å². The first-order valence-electron chi connectivity index (χ1n) is 11.4. The molecule has 11 nitrogen and oxygen atoms in total. The highest BCUT2D eigenvalue weighted by Gasteiger charge is 2.30. The zero-order valence-corrected chi connectivity index (χ0v) is 21.6. The summed E-state index contributed by atoms with van der Waals surface area (Å²) in [5, 5.41) is 17.0. The minimum Gasteiger partial charge on any atom is -0.480 e. The van der Waals surface area contributed by atoms with Gasteiger partial charge in [-0.15, -0.1) is 0 Å². The lowest BCUT2D eigenvalue weighted by atomic mass is 10.0. The Hall–Kier alpha value is -2.34. The lowest BCUT2D eigenvalue weighted by Gasteiger charge is -2.26. The molecule has 0 radical (unpaired) electrons. The van der Waals surface area contributed by atoms with Crippen molar-refractivity contribution < 1.29 is 29.1 Å². The lowest BCUT2D eigenvalue weighted by molar-refractivity contribution is -0.142. The van der Waals surface area contributed by atoms with Gasteiger partial charge in [-0.1, -0.05) is 27.7 Å². The Kier molecular flexibility index (Phi) is 15.2. The number of carboxylic acid groups (broad SMARTS) is 1. The smallest absolute Gasteiger partial charge is 0.326 e. The molecule has 196 valence electrons. The van der Waals surface area contributed by atoms with E-state index in [1.54, 1.807) is 0 Å². The summed E-state index contributed by atoms with van der Waals surface area (Å²) in [6, 6.07) is -4.09. The fourth-order valence-corrected chi connectivity index (χ4v) is 3.66. The van der Waals surface area contributed by atoms with Gasteiger partial charge >= 0.3 is 5.97 Å². The number of nitrogens with one attached hydrogen (secondary N) is 3. The third-order valence-corrected chi connectivity index (χ3v) is 5.58. The fourth-order valence-electron chi connectivity index (χ4n) is 3.19. The van der Waals surface area contributed by atoms with Crippen LogP contribution in [-0.2, 0) is 24.0 Å². The molecular weight excluding hydrogens is 462 g/mol. The van der Waals surface area contributed by atoms with Crippen LogP contribution in [0.5, 0.6) is 0 Å². The molecule has 0 aromatic heterocycles. The molecule has 0 saturated heterocycles. The molecule has 0 heterocycles. The minimum atomic E-state index is -1.16. The highest BCUT2D eigenvalue weighted by molar-refractivity contribution is 7.98. The molecule has 0 aliphatic carbocycles. The van der Waals surface area contributed by atoms with E-state index in [-0.39, 0.29) is 37.5 Å². The standard InChI is InChI=1S/C22H41N5O6S/c1-12(2)10-14(23)19(29)25-15(6-7-18(24)28)20(30)27-17(11-13(3)4)21(31)26-16(22(32)33)8-9-34-5/h12-17H,6-11,23H2,1-5H3,(H2,24,28)(H,25,29)(H,26,31)(H,27,30)(H,32,33). The van der Waals surface area contributed by atoms with E-state index in [9.17, 15) is 29.1 Å². The van der Waals surface area contributed by atoms with Crippen LogP contribution in [0.1, 0.15) is 59.8 Å². The zero-order valence-electron chi connectivity index (χ0n) is 20.8. The van der Waals surface area contributed by atoms with Gasteiger partial charge in [-0.3, -0.25) is 19.2 Å². The van der Waals surface area contributed by atoms with Gasteiger partial charge in [0, 0.05) is 6.42 Å². The van der Waals surface area contributed by atoms with Crippen molar-refractivity contribution in [3.63, 3.8) is 0 Å². The van der Waals surface area contributed by atoms with Gasteiger partial charge in [0.05, 0.1) is 6.04 Å². The number of hydrogen-bond acceptors (Lipinski definition) is 7. The molecule has 0 rings (SSSR count). The van der Waals surface area contributed by atoms with Crippen LogP contribution in [0, 0.1) is 11.8 Å². The monoisotopic (exact) mass is 503 g/mol. The van der Waals surface area contributed by atoms with Crippen molar-refractivity contribution in [2.24, 2.45) is 23.3 Å². The average Bonchev–Trinajstić information content (AvgIpc) is 2.71. The second kappa shape index (κ2) is 16.3. The van der Waals surface area contributed by atoms with Crippen LogP contribution in [-0.4, -0.2) is 70.9 Å². The summed E-state index contributed by atoms with van der Waals surface area (Å²) in [7, 11) is 0. The molecule has 4 unspecified atom stereocenters. The molecule has 12 heteroatoms. The van der Waals surface area contributed by atoms with E-state index < -0.39 is 53.8 Å². The molecule has 4 amide bonds. The van der Waals surface area contributed by atoms with Crippen LogP contribution in [0.4, 0.5) is 0 Å². The van der Waals surface area contributed by atoms with Gasteiger partial charge in [0.25, 0.3) is 0 Å². The summed E-state index contributed by atoms with van der Waals surface area (Å²) >= 11 is 1.45. The maximum Gasteiger partial charge on any atom is 0.326 e. The average molecular weight is 504 g/mol. The maximum absolute atomic E-state index is 13.0. The van der Waals surface area contributed by atoms with E-state index >= 15 is 0 Å². The highest BCUT2D eigenvalue weighted by atomic mass is 32.2. The van der Waals surface area contributed by atoms with Crippen molar-refractivity contribution in [3.05, 3.63) is 0 Å². The van der Waals surface area contributed by atoms with Crippen molar-refractivity contribution >= 4 is 41.4 Å². The van der Waals surface area contributed by atoms with E-state index in [1.807, 2.05) is 34.0 Å². The van der Waals surface area contributed by atoms with Crippen molar-refractivity contribution in [1.29, 1.82) is 0 Å². The number of carbonyl (C=O) groups excluding carboxylic acids is 4. The van der Waals surface area contributed by atoms with Gasteiger partial charge < -0.3 is 32.5 Å². The molecule has 0 aromatic rings. The van der Waals surface area contributed by atoms with Crippen LogP contribution in [0.2, 0.25) is 0 Å². The van der Waals surface area contributed by atoms with Gasteiger partial charge in [-0.25, -0.2) is 4.79 Å². The van der Waals surface area contributed by atoms with Crippen LogP contribution in [0.25, 0.3) is 0 Å². The molecule has 0 bridgehead atoms.